The molecule has 1 unspecified atom stereocenters. The second-order valence-corrected chi connectivity index (χ2v) is 6.75. The van der Waals surface area contributed by atoms with Gasteiger partial charge in [-0.15, -0.1) is 0 Å². The van der Waals surface area contributed by atoms with E-state index in [0.29, 0.717) is 27.2 Å². The van der Waals surface area contributed by atoms with Gasteiger partial charge in [0.25, 0.3) is 0 Å². The van der Waals surface area contributed by atoms with Gasteiger partial charge in [0.1, 0.15) is 17.6 Å². The maximum absolute atomic E-state index is 11.3. The first kappa shape index (κ1) is 20.0. The minimum atomic E-state index is -1.34. The molecular formula is C17H13Cl4O4-. The molecule has 134 valence electrons. The van der Waals surface area contributed by atoms with Gasteiger partial charge in [0.2, 0.25) is 0 Å². The number of halogens is 4. The van der Waals surface area contributed by atoms with Crippen LogP contribution in [0.4, 0.5) is 0 Å². The molecule has 0 spiro atoms. The standard InChI is InChI=1S/C17H14Cl4O4/c18-10-3-5-14(12(20)8-10)24-7-1-2-16(17(22)23)25-15-6-4-11(19)9-13(15)21/h3-6,8-9,16H,1-2,7H2,(H,22,23)/p-1. The molecule has 0 fully saturated rings. The van der Waals surface area contributed by atoms with Crippen molar-refractivity contribution in [3.05, 3.63) is 56.5 Å². The quantitative estimate of drug-likeness (QED) is 0.580. The lowest BCUT2D eigenvalue weighted by atomic mass is 10.2. The van der Waals surface area contributed by atoms with Crippen molar-refractivity contribution in [3.63, 3.8) is 0 Å². The molecule has 0 N–H and O–H groups in total. The van der Waals surface area contributed by atoms with Gasteiger partial charge in [-0.25, -0.2) is 0 Å². The Morgan fingerprint density at radius 3 is 2.04 bits per heavy atom. The third-order valence-electron chi connectivity index (χ3n) is 3.19. The van der Waals surface area contributed by atoms with Gasteiger partial charge in [-0.2, -0.15) is 0 Å². The van der Waals surface area contributed by atoms with E-state index in [9.17, 15) is 9.90 Å². The number of hydrogen-bond acceptors (Lipinski definition) is 4. The number of aliphatic carboxylic acids is 1. The molecule has 0 saturated carbocycles. The van der Waals surface area contributed by atoms with Gasteiger partial charge >= 0.3 is 0 Å². The maximum Gasteiger partial charge on any atom is 0.139 e. The first-order chi connectivity index (χ1) is 11.9. The maximum atomic E-state index is 11.3. The molecule has 0 bridgehead atoms. The van der Waals surface area contributed by atoms with Crippen molar-refractivity contribution in [2.45, 2.75) is 18.9 Å². The predicted octanol–water partition coefficient (Wildman–Crippen LogP) is 4.66. The van der Waals surface area contributed by atoms with Gasteiger partial charge in [0.15, 0.2) is 0 Å². The van der Waals surface area contributed by atoms with Crippen molar-refractivity contribution in [1.82, 2.24) is 0 Å². The highest BCUT2D eigenvalue weighted by atomic mass is 35.5. The Bertz CT molecular complexity index is 751. The van der Waals surface area contributed by atoms with Crippen LogP contribution in [-0.2, 0) is 4.79 Å². The Hall–Kier alpha value is -1.33. The van der Waals surface area contributed by atoms with E-state index in [-0.39, 0.29) is 23.8 Å². The predicted molar refractivity (Wildman–Crippen MR) is 97.1 cm³/mol. The molecule has 0 aromatic heterocycles. The summed E-state index contributed by atoms with van der Waals surface area (Å²) in [6, 6.07) is 9.39. The zero-order valence-electron chi connectivity index (χ0n) is 12.8. The lowest BCUT2D eigenvalue weighted by Gasteiger charge is -2.21. The van der Waals surface area contributed by atoms with Gasteiger partial charge in [-0.05, 0) is 49.2 Å². The summed E-state index contributed by atoms with van der Waals surface area (Å²) < 4.78 is 10.9. The minimum Gasteiger partial charge on any atom is -0.546 e. The van der Waals surface area contributed by atoms with Gasteiger partial charge in [-0.1, -0.05) is 46.4 Å². The lowest BCUT2D eigenvalue weighted by Crippen LogP contribution is -2.39. The van der Waals surface area contributed by atoms with Crippen LogP contribution in [0.15, 0.2) is 36.4 Å². The van der Waals surface area contributed by atoms with Gasteiger partial charge in [0, 0.05) is 10.0 Å². The number of carboxylic acids is 1. The molecule has 4 nitrogen and oxygen atoms in total. The summed E-state index contributed by atoms with van der Waals surface area (Å²) in [6.07, 6.45) is -0.585. The number of ether oxygens (including phenoxy) is 2. The molecule has 0 aliphatic heterocycles. The summed E-state index contributed by atoms with van der Waals surface area (Å²) in [5.74, 6) is -0.643. The molecule has 0 heterocycles. The summed E-state index contributed by atoms with van der Waals surface area (Å²) in [5.41, 5.74) is 0. The van der Waals surface area contributed by atoms with E-state index < -0.39 is 12.1 Å². The Morgan fingerprint density at radius 1 is 0.960 bits per heavy atom. The fourth-order valence-corrected chi connectivity index (χ4v) is 2.91. The Balaban J connectivity index is 1.88. The normalized spacial score (nSPS) is 11.8. The van der Waals surface area contributed by atoms with Crippen LogP contribution in [0.5, 0.6) is 11.5 Å². The monoisotopic (exact) mass is 421 g/mol. The largest absolute Gasteiger partial charge is 0.546 e. The number of hydrogen-bond donors (Lipinski definition) is 0. The van der Waals surface area contributed by atoms with Gasteiger partial charge in [0.05, 0.1) is 22.6 Å². The molecule has 0 saturated heterocycles. The zero-order chi connectivity index (χ0) is 18.4. The van der Waals surface area contributed by atoms with Crippen LogP contribution in [0.1, 0.15) is 12.8 Å². The first-order valence-corrected chi connectivity index (χ1v) is 8.78. The second kappa shape index (κ2) is 9.39. The van der Waals surface area contributed by atoms with Crippen molar-refractivity contribution >= 4 is 52.4 Å². The van der Waals surface area contributed by atoms with Crippen LogP contribution in [0.2, 0.25) is 20.1 Å². The topological polar surface area (TPSA) is 58.6 Å². The summed E-state index contributed by atoms with van der Waals surface area (Å²) in [7, 11) is 0. The zero-order valence-corrected chi connectivity index (χ0v) is 15.8. The van der Waals surface area contributed by atoms with Gasteiger partial charge < -0.3 is 19.4 Å². The molecule has 25 heavy (non-hydrogen) atoms. The smallest absolute Gasteiger partial charge is 0.139 e. The third-order valence-corrected chi connectivity index (χ3v) is 4.25. The Labute approximate surface area is 165 Å². The highest BCUT2D eigenvalue weighted by Gasteiger charge is 2.14. The van der Waals surface area contributed by atoms with E-state index in [1.54, 1.807) is 24.3 Å². The lowest BCUT2D eigenvalue weighted by molar-refractivity contribution is -0.313. The van der Waals surface area contributed by atoms with Crippen molar-refractivity contribution in [2.24, 2.45) is 0 Å². The molecule has 0 aliphatic rings. The van der Waals surface area contributed by atoms with E-state index in [2.05, 4.69) is 0 Å². The van der Waals surface area contributed by atoms with Crippen LogP contribution < -0.4 is 14.6 Å². The summed E-state index contributed by atoms with van der Waals surface area (Å²) in [5, 5.41) is 12.8. The van der Waals surface area contributed by atoms with Crippen molar-refractivity contribution in [1.29, 1.82) is 0 Å². The van der Waals surface area contributed by atoms with E-state index in [1.165, 1.54) is 12.1 Å². The van der Waals surface area contributed by atoms with E-state index >= 15 is 0 Å². The molecule has 0 aliphatic carbocycles. The average molecular weight is 423 g/mol. The SMILES string of the molecule is O=C([O-])C(CCCOc1ccc(Cl)cc1Cl)Oc1ccc(Cl)cc1Cl. The molecule has 0 radical (unpaired) electrons. The fraction of sp³-hybridized carbons (Fsp3) is 0.235. The molecule has 0 amide bonds. The van der Waals surface area contributed by atoms with Crippen LogP contribution in [-0.4, -0.2) is 18.7 Å². The summed E-state index contributed by atoms with van der Waals surface area (Å²) in [4.78, 5) is 11.3. The minimum absolute atomic E-state index is 0.173. The number of rotatable bonds is 8. The van der Waals surface area contributed by atoms with Gasteiger partial charge in [-0.3, -0.25) is 0 Å². The molecule has 2 rings (SSSR count). The number of carbonyl (C=O) groups excluding carboxylic acids is 1. The summed E-state index contributed by atoms with van der Waals surface area (Å²) in [6.45, 7) is 0.253. The van der Waals surface area contributed by atoms with Crippen molar-refractivity contribution in [2.75, 3.05) is 6.61 Å². The van der Waals surface area contributed by atoms with Crippen molar-refractivity contribution < 1.29 is 19.4 Å². The molecule has 1 atom stereocenters. The fourth-order valence-electron chi connectivity index (χ4n) is 1.99. The number of benzene rings is 2. The van der Waals surface area contributed by atoms with Crippen LogP contribution in [0.3, 0.4) is 0 Å². The molecule has 2 aromatic rings. The van der Waals surface area contributed by atoms with Crippen LogP contribution in [0, 0.1) is 0 Å². The first-order valence-electron chi connectivity index (χ1n) is 7.27. The Morgan fingerprint density at radius 2 is 1.52 bits per heavy atom. The number of carboxylic acid groups (broad SMARTS) is 1. The average Bonchev–Trinajstić information content (AvgIpc) is 2.53. The van der Waals surface area contributed by atoms with E-state index in [0.717, 1.165) is 0 Å². The third kappa shape index (κ3) is 6.15. The number of carbonyl (C=O) groups is 1. The second-order valence-electron chi connectivity index (χ2n) is 5.07. The molecule has 2 aromatic carbocycles. The highest BCUT2D eigenvalue weighted by molar-refractivity contribution is 6.36. The van der Waals surface area contributed by atoms with E-state index in [4.69, 9.17) is 55.9 Å². The van der Waals surface area contributed by atoms with E-state index in [1.807, 2.05) is 0 Å². The van der Waals surface area contributed by atoms with Crippen molar-refractivity contribution in [3.8, 4) is 11.5 Å². The molecule has 8 heteroatoms. The highest BCUT2D eigenvalue weighted by Crippen LogP contribution is 2.29. The van der Waals surface area contributed by atoms with Crippen LogP contribution >= 0.6 is 46.4 Å². The molecular weight excluding hydrogens is 410 g/mol. The van der Waals surface area contributed by atoms with Crippen LogP contribution in [0.25, 0.3) is 0 Å². The summed E-state index contributed by atoms with van der Waals surface area (Å²) >= 11 is 23.6. The Kier molecular flexibility index (Phi) is 7.51.